The van der Waals surface area contributed by atoms with Gasteiger partial charge in [-0.15, -0.1) is 0 Å². The number of likely N-dealkylation sites (tertiary alicyclic amines) is 1. The van der Waals surface area contributed by atoms with Gasteiger partial charge in [-0.25, -0.2) is 0 Å². The average Bonchev–Trinajstić information content (AvgIpc) is 2.52. The molecule has 0 spiro atoms. The number of aryl methyl sites for hydroxylation is 1. The van der Waals surface area contributed by atoms with E-state index in [0.717, 1.165) is 12.2 Å². The lowest BCUT2D eigenvalue weighted by molar-refractivity contribution is 0.202. The highest BCUT2D eigenvalue weighted by molar-refractivity contribution is 4.96. The molecule has 1 fully saturated rings. The van der Waals surface area contributed by atoms with Gasteiger partial charge >= 0.3 is 0 Å². The summed E-state index contributed by atoms with van der Waals surface area (Å²) in [6, 6.07) is 2.67. The van der Waals surface area contributed by atoms with E-state index in [-0.39, 0.29) is 0 Å². The number of aromatic nitrogens is 2. The molecule has 0 amide bonds. The zero-order chi connectivity index (χ0) is 9.26. The first-order valence-corrected chi connectivity index (χ1v) is 4.96. The van der Waals surface area contributed by atoms with Crippen LogP contribution >= 0.6 is 0 Å². The molecule has 0 N–H and O–H groups in total. The molecule has 1 aromatic rings. The Bertz CT molecular complexity index is 279. The van der Waals surface area contributed by atoms with Crippen LogP contribution in [0.25, 0.3) is 0 Å². The Morgan fingerprint density at radius 3 is 3.00 bits per heavy atom. The van der Waals surface area contributed by atoms with Gasteiger partial charge in [0.05, 0.1) is 11.7 Å². The van der Waals surface area contributed by atoms with Gasteiger partial charge in [0.15, 0.2) is 0 Å². The van der Waals surface area contributed by atoms with Gasteiger partial charge < -0.3 is 4.90 Å². The highest BCUT2D eigenvalue weighted by Crippen LogP contribution is 2.19. The molecule has 0 saturated carbocycles. The summed E-state index contributed by atoms with van der Waals surface area (Å²) in [6.45, 7) is 4.42. The third-order valence-corrected chi connectivity index (χ3v) is 2.72. The fourth-order valence-electron chi connectivity index (χ4n) is 1.99. The van der Waals surface area contributed by atoms with Crippen molar-refractivity contribution in [2.45, 2.75) is 25.8 Å². The number of rotatable bonds is 1. The van der Waals surface area contributed by atoms with Crippen LogP contribution in [0.4, 0.5) is 0 Å². The lowest BCUT2D eigenvalue weighted by atomic mass is 10.1. The van der Waals surface area contributed by atoms with E-state index in [2.05, 4.69) is 34.0 Å². The van der Waals surface area contributed by atoms with Gasteiger partial charge in [-0.2, -0.15) is 5.10 Å². The van der Waals surface area contributed by atoms with E-state index in [1.165, 1.54) is 19.4 Å². The van der Waals surface area contributed by atoms with E-state index in [0.29, 0.717) is 6.04 Å². The topological polar surface area (TPSA) is 21.1 Å². The summed E-state index contributed by atoms with van der Waals surface area (Å²) in [4.78, 5) is 2.38. The Morgan fingerprint density at radius 2 is 2.38 bits per heavy atom. The Labute approximate surface area is 79.3 Å². The van der Waals surface area contributed by atoms with Crippen LogP contribution in [0, 0.1) is 6.92 Å². The van der Waals surface area contributed by atoms with Crippen molar-refractivity contribution in [2.75, 3.05) is 20.1 Å². The van der Waals surface area contributed by atoms with Crippen molar-refractivity contribution in [3.05, 3.63) is 18.0 Å². The summed E-state index contributed by atoms with van der Waals surface area (Å²) in [5.74, 6) is 0. The van der Waals surface area contributed by atoms with Gasteiger partial charge in [0.1, 0.15) is 0 Å². The van der Waals surface area contributed by atoms with Crippen molar-refractivity contribution in [1.29, 1.82) is 0 Å². The van der Waals surface area contributed by atoms with Crippen LogP contribution in [0.5, 0.6) is 0 Å². The van der Waals surface area contributed by atoms with Crippen LogP contribution in [0.1, 0.15) is 24.6 Å². The summed E-state index contributed by atoms with van der Waals surface area (Å²) < 4.78 is 2.12. The molecule has 0 aromatic carbocycles. The number of piperidine rings is 1. The van der Waals surface area contributed by atoms with Crippen LogP contribution in [0.3, 0.4) is 0 Å². The molecule has 2 heterocycles. The van der Waals surface area contributed by atoms with Gasteiger partial charge in [-0.3, -0.25) is 4.68 Å². The predicted octanol–water partition coefficient (Wildman–Crippen LogP) is 1.46. The fraction of sp³-hybridized carbons (Fsp3) is 0.700. The standard InChI is InChI=1S/C10H17N3/c1-9-5-7-13(11-9)10-4-3-6-12(2)8-10/h5,7,10H,3-4,6,8H2,1-2H3. The number of hydrogen-bond acceptors (Lipinski definition) is 2. The summed E-state index contributed by atoms with van der Waals surface area (Å²) in [5.41, 5.74) is 1.12. The highest BCUT2D eigenvalue weighted by atomic mass is 15.3. The quantitative estimate of drug-likeness (QED) is 0.650. The maximum absolute atomic E-state index is 4.46. The van der Waals surface area contributed by atoms with Gasteiger partial charge in [0, 0.05) is 12.7 Å². The molecular weight excluding hydrogens is 162 g/mol. The lowest BCUT2D eigenvalue weighted by Crippen LogP contribution is -2.33. The maximum Gasteiger partial charge on any atom is 0.0646 e. The number of hydrogen-bond donors (Lipinski definition) is 0. The highest BCUT2D eigenvalue weighted by Gasteiger charge is 2.18. The van der Waals surface area contributed by atoms with Gasteiger partial charge in [-0.1, -0.05) is 0 Å². The van der Waals surface area contributed by atoms with E-state index < -0.39 is 0 Å². The number of likely N-dealkylation sites (N-methyl/N-ethyl adjacent to an activating group) is 1. The molecule has 1 aromatic heterocycles. The van der Waals surface area contributed by atoms with Gasteiger partial charge in [0.25, 0.3) is 0 Å². The third kappa shape index (κ3) is 1.91. The van der Waals surface area contributed by atoms with E-state index in [4.69, 9.17) is 0 Å². The molecular formula is C10H17N3. The second-order valence-corrected chi connectivity index (χ2v) is 4.00. The molecule has 1 atom stereocenters. The van der Waals surface area contributed by atoms with E-state index >= 15 is 0 Å². The van der Waals surface area contributed by atoms with Crippen molar-refractivity contribution in [2.24, 2.45) is 0 Å². The molecule has 0 radical (unpaired) electrons. The Kier molecular flexibility index (Phi) is 2.36. The number of nitrogens with zero attached hydrogens (tertiary/aromatic N) is 3. The van der Waals surface area contributed by atoms with Gasteiger partial charge in [0.2, 0.25) is 0 Å². The van der Waals surface area contributed by atoms with Crippen LogP contribution in [0.15, 0.2) is 12.3 Å². The van der Waals surface area contributed by atoms with E-state index in [1.54, 1.807) is 0 Å². The van der Waals surface area contributed by atoms with Gasteiger partial charge in [-0.05, 0) is 39.4 Å². The van der Waals surface area contributed by atoms with Crippen molar-refractivity contribution < 1.29 is 0 Å². The molecule has 13 heavy (non-hydrogen) atoms. The summed E-state index contributed by atoms with van der Waals surface area (Å²) in [5, 5.41) is 4.46. The monoisotopic (exact) mass is 179 g/mol. The summed E-state index contributed by atoms with van der Waals surface area (Å²) in [7, 11) is 2.18. The SMILES string of the molecule is Cc1ccn(C2CCCN(C)C2)n1. The molecule has 1 saturated heterocycles. The largest absolute Gasteiger partial charge is 0.304 e. The second-order valence-electron chi connectivity index (χ2n) is 4.00. The van der Waals surface area contributed by atoms with E-state index in [1.807, 2.05) is 6.92 Å². The molecule has 1 aliphatic rings. The molecule has 1 aliphatic heterocycles. The predicted molar refractivity (Wildman–Crippen MR) is 52.7 cm³/mol. The molecule has 0 aliphatic carbocycles. The first kappa shape index (κ1) is 8.75. The minimum Gasteiger partial charge on any atom is -0.304 e. The Hall–Kier alpha value is -0.830. The van der Waals surface area contributed by atoms with Crippen LogP contribution in [0.2, 0.25) is 0 Å². The van der Waals surface area contributed by atoms with Crippen molar-refractivity contribution in [3.8, 4) is 0 Å². The Balaban J connectivity index is 2.08. The van der Waals surface area contributed by atoms with Crippen LogP contribution in [-0.4, -0.2) is 34.8 Å². The third-order valence-electron chi connectivity index (χ3n) is 2.72. The molecule has 3 nitrogen and oxygen atoms in total. The van der Waals surface area contributed by atoms with Crippen molar-refractivity contribution in [3.63, 3.8) is 0 Å². The maximum atomic E-state index is 4.46. The summed E-state index contributed by atoms with van der Waals surface area (Å²) >= 11 is 0. The first-order valence-electron chi connectivity index (χ1n) is 4.96. The first-order chi connectivity index (χ1) is 6.25. The minimum absolute atomic E-state index is 0.590. The molecule has 1 unspecified atom stereocenters. The zero-order valence-electron chi connectivity index (χ0n) is 8.40. The molecule has 72 valence electrons. The minimum atomic E-state index is 0.590. The molecule has 0 bridgehead atoms. The van der Waals surface area contributed by atoms with E-state index in [9.17, 15) is 0 Å². The van der Waals surface area contributed by atoms with Crippen molar-refractivity contribution >= 4 is 0 Å². The fourth-order valence-corrected chi connectivity index (χ4v) is 1.99. The van der Waals surface area contributed by atoms with Crippen LogP contribution < -0.4 is 0 Å². The smallest absolute Gasteiger partial charge is 0.0646 e. The lowest BCUT2D eigenvalue weighted by Gasteiger charge is -2.29. The molecule has 3 heteroatoms. The average molecular weight is 179 g/mol. The Morgan fingerprint density at radius 1 is 1.54 bits per heavy atom. The van der Waals surface area contributed by atoms with Crippen molar-refractivity contribution in [1.82, 2.24) is 14.7 Å². The summed E-state index contributed by atoms with van der Waals surface area (Å²) in [6.07, 6.45) is 4.66. The second kappa shape index (κ2) is 3.50. The van der Waals surface area contributed by atoms with Crippen LogP contribution in [-0.2, 0) is 0 Å². The molecule has 2 rings (SSSR count). The zero-order valence-corrected chi connectivity index (χ0v) is 8.40. The normalized spacial score (nSPS) is 24.9.